The van der Waals surface area contributed by atoms with E-state index in [0.29, 0.717) is 6.42 Å². The average molecular weight is 252 g/mol. The number of amides is 1. The second kappa shape index (κ2) is 7.37. The third-order valence-electron chi connectivity index (χ3n) is 3.20. The van der Waals surface area contributed by atoms with E-state index in [2.05, 4.69) is 29.8 Å². The molecule has 5 nitrogen and oxygen atoms in total. The van der Waals surface area contributed by atoms with Crippen molar-refractivity contribution in [2.24, 2.45) is 5.73 Å². The molecule has 0 saturated carbocycles. The van der Waals surface area contributed by atoms with Crippen LogP contribution >= 0.6 is 0 Å². The number of nitrogens with two attached hydrogens (primary N) is 1. The molecule has 1 heterocycles. The van der Waals surface area contributed by atoms with Crippen molar-refractivity contribution >= 4 is 5.91 Å². The Balaban J connectivity index is 2.30. The standard InChI is InChI=1S/C13H24N4O/c1-4-5-12(14)13(18)17-10-8-16(9-11-17)7-6-15(2)3/h1,12H,5-11,14H2,2-3H3. The molecule has 0 aromatic carbocycles. The lowest BCUT2D eigenvalue weighted by atomic mass is 10.2. The highest BCUT2D eigenvalue weighted by Gasteiger charge is 2.24. The number of carbonyl (C=O) groups is 1. The fraction of sp³-hybridized carbons (Fsp3) is 0.769. The summed E-state index contributed by atoms with van der Waals surface area (Å²) >= 11 is 0. The van der Waals surface area contributed by atoms with E-state index in [1.165, 1.54) is 0 Å². The highest BCUT2D eigenvalue weighted by atomic mass is 16.2. The molecule has 2 N–H and O–H groups in total. The van der Waals surface area contributed by atoms with E-state index in [-0.39, 0.29) is 5.91 Å². The summed E-state index contributed by atoms with van der Waals surface area (Å²) < 4.78 is 0. The van der Waals surface area contributed by atoms with Gasteiger partial charge in [-0.2, -0.15) is 0 Å². The zero-order valence-corrected chi connectivity index (χ0v) is 11.4. The quantitative estimate of drug-likeness (QED) is 0.641. The van der Waals surface area contributed by atoms with Gasteiger partial charge in [0.15, 0.2) is 0 Å². The summed E-state index contributed by atoms with van der Waals surface area (Å²) in [5, 5.41) is 0. The van der Waals surface area contributed by atoms with E-state index in [1.807, 2.05) is 4.90 Å². The molecule has 0 radical (unpaired) electrons. The van der Waals surface area contributed by atoms with Crippen molar-refractivity contribution in [3.63, 3.8) is 0 Å². The lowest BCUT2D eigenvalue weighted by molar-refractivity contribution is -0.134. The van der Waals surface area contributed by atoms with Crippen molar-refractivity contribution in [3.05, 3.63) is 0 Å². The number of nitrogens with zero attached hydrogens (tertiary/aromatic N) is 3. The predicted octanol–water partition coefficient (Wildman–Crippen LogP) is -0.957. The third-order valence-corrected chi connectivity index (χ3v) is 3.20. The van der Waals surface area contributed by atoms with E-state index in [1.54, 1.807) is 0 Å². The summed E-state index contributed by atoms with van der Waals surface area (Å²) in [6.07, 6.45) is 5.49. The number of rotatable bonds is 5. The molecule has 5 heteroatoms. The van der Waals surface area contributed by atoms with Gasteiger partial charge in [-0.15, -0.1) is 12.3 Å². The Hall–Kier alpha value is -1.09. The van der Waals surface area contributed by atoms with Gasteiger partial charge in [-0.1, -0.05) is 0 Å². The Morgan fingerprint density at radius 3 is 2.50 bits per heavy atom. The number of likely N-dealkylation sites (N-methyl/N-ethyl adjacent to an activating group) is 1. The molecule has 102 valence electrons. The molecular weight excluding hydrogens is 228 g/mol. The Labute approximate surface area is 110 Å². The maximum Gasteiger partial charge on any atom is 0.240 e. The van der Waals surface area contributed by atoms with Crippen molar-refractivity contribution in [1.29, 1.82) is 0 Å². The summed E-state index contributed by atoms with van der Waals surface area (Å²) in [4.78, 5) is 18.3. The highest BCUT2D eigenvalue weighted by molar-refractivity contribution is 5.82. The zero-order valence-electron chi connectivity index (χ0n) is 11.4. The maximum absolute atomic E-state index is 11.9. The molecule has 1 aliphatic rings. The first-order valence-corrected chi connectivity index (χ1v) is 6.39. The van der Waals surface area contributed by atoms with Crippen molar-refractivity contribution in [2.45, 2.75) is 12.5 Å². The minimum Gasteiger partial charge on any atom is -0.339 e. The topological polar surface area (TPSA) is 52.8 Å². The average Bonchev–Trinajstić information content (AvgIpc) is 2.36. The fourth-order valence-corrected chi connectivity index (χ4v) is 1.98. The number of piperazine rings is 1. The van der Waals surface area contributed by atoms with Crippen LogP contribution in [-0.2, 0) is 4.79 Å². The van der Waals surface area contributed by atoms with Gasteiger partial charge in [-0.25, -0.2) is 0 Å². The molecule has 0 aromatic heterocycles. The minimum absolute atomic E-state index is 0.0137. The lowest BCUT2D eigenvalue weighted by Crippen LogP contribution is -2.53. The van der Waals surface area contributed by atoms with Gasteiger partial charge in [-0.3, -0.25) is 9.69 Å². The van der Waals surface area contributed by atoms with E-state index < -0.39 is 6.04 Å². The minimum atomic E-state index is -0.539. The molecule has 1 fully saturated rings. The van der Waals surface area contributed by atoms with Crippen LogP contribution < -0.4 is 5.73 Å². The van der Waals surface area contributed by atoms with Gasteiger partial charge in [0.2, 0.25) is 5.91 Å². The number of hydrogen-bond donors (Lipinski definition) is 1. The summed E-state index contributed by atoms with van der Waals surface area (Å²) in [5.74, 6) is 2.43. The molecule has 1 saturated heterocycles. The van der Waals surface area contributed by atoms with Gasteiger partial charge in [0.25, 0.3) is 0 Å². The molecule has 1 amide bonds. The molecule has 0 spiro atoms. The molecule has 1 rings (SSSR count). The van der Waals surface area contributed by atoms with Gasteiger partial charge < -0.3 is 15.5 Å². The van der Waals surface area contributed by atoms with Crippen molar-refractivity contribution < 1.29 is 4.79 Å². The Bertz CT molecular complexity index is 303. The summed E-state index contributed by atoms with van der Waals surface area (Å²) in [6.45, 7) is 5.44. The molecule has 1 aliphatic heterocycles. The monoisotopic (exact) mass is 252 g/mol. The number of carbonyl (C=O) groups excluding carboxylic acids is 1. The molecule has 0 bridgehead atoms. The number of terminal acetylenes is 1. The van der Waals surface area contributed by atoms with Gasteiger partial charge in [0.05, 0.1) is 6.04 Å². The van der Waals surface area contributed by atoms with Crippen LogP contribution in [0.15, 0.2) is 0 Å². The van der Waals surface area contributed by atoms with Crippen LogP contribution in [-0.4, -0.2) is 80.0 Å². The second-order valence-electron chi connectivity index (χ2n) is 4.98. The van der Waals surface area contributed by atoms with Crippen LogP contribution in [0, 0.1) is 12.3 Å². The third kappa shape index (κ3) is 4.65. The fourth-order valence-electron chi connectivity index (χ4n) is 1.98. The summed E-state index contributed by atoms with van der Waals surface area (Å²) in [6, 6.07) is -0.539. The van der Waals surface area contributed by atoms with Crippen molar-refractivity contribution in [1.82, 2.24) is 14.7 Å². The smallest absolute Gasteiger partial charge is 0.240 e. The Kier molecular flexibility index (Phi) is 6.13. The largest absolute Gasteiger partial charge is 0.339 e. The van der Waals surface area contributed by atoms with Crippen molar-refractivity contribution in [3.8, 4) is 12.3 Å². The molecule has 0 aliphatic carbocycles. The van der Waals surface area contributed by atoms with Gasteiger partial charge in [0.1, 0.15) is 0 Å². The lowest BCUT2D eigenvalue weighted by Gasteiger charge is -2.36. The number of hydrogen-bond acceptors (Lipinski definition) is 4. The van der Waals surface area contributed by atoms with E-state index in [0.717, 1.165) is 39.3 Å². The second-order valence-corrected chi connectivity index (χ2v) is 4.98. The Morgan fingerprint density at radius 1 is 1.39 bits per heavy atom. The van der Waals surface area contributed by atoms with Crippen LogP contribution in [0.5, 0.6) is 0 Å². The van der Waals surface area contributed by atoms with Gasteiger partial charge in [0, 0.05) is 45.7 Å². The predicted molar refractivity (Wildman–Crippen MR) is 73.0 cm³/mol. The van der Waals surface area contributed by atoms with Crippen LogP contribution in [0.2, 0.25) is 0 Å². The van der Waals surface area contributed by atoms with Crippen LogP contribution in [0.1, 0.15) is 6.42 Å². The highest BCUT2D eigenvalue weighted by Crippen LogP contribution is 2.04. The van der Waals surface area contributed by atoms with Crippen molar-refractivity contribution in [2.75, 3.05) is 53.4 Å². The summed E-state index contributed by atoms with van der Waals surface area (Å²) in [7, 11) is 4.14. The molecule has 1 atom stereocenters. The maximum atomic E-state index is 11.9. The van der Waals surface area contributed by atoms with E-state index >= 15 is 0 Å². The normalized spacial score (nSPS) is 18.7. The molecule has 0 aromatic rings. The van der Waals surface area contributed by atoms with E-state index in [4.69, 9.17) is 12.2 Å². The first-order valence-electron chi connectivity index (χ1n) is 6.39. The molecule has 18 heavy (non-hydrogen) atoms. The SMILES string of the molecule is C#CCC(N)C(=O)N1CCN(CCN(C)C)CC1. The molecule has 1 unspecified atom stereocenters. The van der Waals surface area contributed by atoms with Gasteiger partial charge >= 0.3 is 0 Å². The Morgan fingerprint density at radius 2 is 2.00 bits per heavy atom. The van der Waals surface area contributed by atoms with Crippen LogP contribution in [0.25, 0.3) is 0 Å². The van der Waals surface area contributed by atoms with E-state index in [9.17, 15) is 4.79 Å². The first kappa shape index (κ1) is 15.0. The van der Waals surface area contributed by atoms with Crippen LogP contribution in [0.3, 0.4) is 0 Å². The summed E-state index contributed by atoms with van der Waals surface area (Å²) in [5.41, 5.74) is 5.74. The van der Waals surface area contributed by atoms with Crippen LogP contribution in [0.4, 0.5) is 0 Å². The zero-order chi connectivity index (χ0) is 13.5. The van der Waals surface area contributed by atoms with Gasteiger partial charge in [-0.05, 0) is 14.1 Å². The molecular formula is C13H24N4O. The first-order chi connectivity index (χ1) is 8.54.